The molecular weight excluding hydrogens is 298 g/mol. The van der Waals surface area contributed by atoms with Crippen molar-refractivity contribution < 1.29 is 14.1 Å². The van der Waals surface area contributed by atoms with E-state index >= 15 is 0 Å². The number of aromatic nitrogens is 3. The van der Waals surface area contributed by atoms with Gasteiger partial charge in [0.15, 0.2) is 0 Å². The van der Waals surface area contributed by atoms with E-state index in [9.17, 15) is 4.79 Å². The zero-order chi connectivity index (χ0) is 16.1. The summed E-state index contributed by atoms with van der Waals surface area (Å²) in [5, 5.41) is 3.96. The van der Waals surface area contributed by atoms with Crippen molar-refractivity contribution in [1.82, 2.24) is 24.9 Å². The zero-order valence-corrected chi connectivity index (χ0v) is 13.0. The summed E-state index contributed by atoms with van der Waals surface area (Å²) < 4.78 is 10.3. The quantitative estimate of drug-likeness (QED) is 0.842. The molecule has 0 N–H and O–H groups in total. The molecule has 8 nitrogen and oxygen atoms in total. The summed E-state index contributed by atoms with van der Waals surface area (Å²) in [5.74, 6) is 1.04. The summed E-state index contributed by atoms with van der Waals surface area (Å²) in [6.45, 7) is 5.55. The molecule has 3 rings (SSSR count). The summed E-state index contributed by atoms with van der Waals surface area (Å²) in [5.41, 5.74) is 0.689. The van der Waals surface area contributed by atoms with E-state index in [1.54, 1.807) is 11.1 Å². The SMILES string of the molecule is CCOC(=O)N1CCN(Cc2nc(-c3ccccn3)no2)CC1. The molecule has 0 spiro atoms. The van der Waals surface area contributed by atoms with Gasteiger partial charge in [0.25, 0.3) is 0 Å². The predicted octanol–water partition coefficient (Wildman–Crippen LogP) is 1.41. The van der Waals surface area contributed by atoms with Crippen molar-refractivity contribution in [2.75, 3.05) is 32.8 Å². The van der Waals surface area contributed by atoms with Crippen LogP contribution in [0.25, 0.3) is 11.5 Å². The van der Waals surface area contributed by atoms with Gasteiger partial charge in [0, 0.05) is 32.4 Å². The minimum absolute atomic E-state index is 0.248. The monoisotopic (exact) mass is 317 g/mol. The van der Waals surface area contributed by atoms with E-state index in [1.807, 2.05) is 25.1 Å². The van der Waals surface area contributed by atoms with Crippen molar-refractivity contribution in [3.63, 3.8) is 0 Å². The Hall–Kier alpha value is -2.48. The first kappa shape index (κ1) is 15.4. The van der Waals surface area contributed by atoms with Crippen molar-refractivity contribution in [2.24, 2.45) is 0 Å². The van der Waals surface area contributed by atoms with Gasteiger partial charge >= 0.3 is 6.09 Å². The third kappa shape index (κ3) is 3.84. The van der Waals surface area contributed by atoms with Crippen molar-refractivity contribution >= 4 is 6.09 Å². The zero-order valence-electron chi connectivity index (χ0n) is 13.0. The molecule has 8 heteroatoms. The second-order valence-electron chi connectivity index (χ2n) is 5.19. The van der Waals surface area contributed by atoms with Crippen LogP contribution in [-0.4, -0.2) is 63.8 Å². The Balaban J connectivity index is 1.53. The molecule has 23 heavy (non-hydrogen) atoms. The lowest BCUT2D eigenvalue weighted by Gasteiger charge is -2.33. The fraction of sp³-hybridized carbons (Fsp3) is 0.467. The fourth-order valence-corrected chi connectivity index (χ4v) is 2.41. The number of nitrogens with zero attached hydrogens (tertiary/aromatic N) is 5. The molecular formula is C15H19N5O3. The molecule has 2 aromatic rings. The third-order valence-corrected chi connectivity index (χ3v) is 3.62. The molecule has 122 valence electrons. The topological polar surface area (TPSA) is 84.6 Å². The molecule has 1 fully saturated rings. The molecule has 1 aliphatic heterocycles. The Morgan fingerprint density at radius 3 is 2.83 bits per heavy atom. The largest absolute Gasteiger partial charge is 0.450 e. The first-order chi connectivity index (χ1) is 11.3. The molecule has 0 radical (unpaired) electrons. The average Bonchev–Trinajstić information content (AvgIpc) is 3.05. The molecule has 0 bridgehead atoms. The highest BCUT2D eigenvalue weighted by Crippen LogP contribution is 2.14. The number of carbonyl (C=O) groups excluding carboxylic acids is 1. The van der Waals surface area contributed by atoms with Crippen molar-refractivity contribution in [1.29, 1.82) is 0 Å². The number of carbonyl (C=O) groups is 1. The van der Waals surface area contributed by atoms with Crippen molar-refractivity contribution in [3.8, 4) is 11.5 Å². The van der Waals surface area contributed by atoms with E-state index in [1.165, 1.54) is 0 Å². The Bertz CT molecular complexity index is 638. The number of piperazine rings is 1. The van der Waals surface area contributed by atoms with Gasteiger partial charge in [0.05, 0.1) is 13.2 Å². The Kier molecular flexibility index (Phi) is 4.82. The molecule has 0 unspecified atom stereocenters. The number of hydrogen-bond acceptors (Lipinski definition) is 7. The van der Waals surface area contributed by atoms with Gasteiger partial charge in [-0.2, -0.15) is 4.98 Å². The maximum atomic E-state index is 11.7. The minimum atomic E-state index is -0.248. The fourth-order valence-electron chi connectivity index (χ4n) is 2.41. The molecule has 3 heterocycles. The second-order valence-corrected chi connectivity index (χ2v) is 5.19. The van der Waals surface area contributed by atoms with Gasteiger partial charge in [-0.05, 0) is 19.1 Å². The van der Waals surface area contributed by atoms with Crippen molar-refractivity contribution in [2.45, 2.75) is 13.5 Å². The maximum Gasteiger partial charge on any atom is 0.409 e. The van der Waals surface area contributed by atoms with Crippen LogP contribution in [0, 0.1) is 0 Å². The smallest absolute Gasteiger partial charge is 0.409 e. The number of rotatable bonds is 4. The summed E-state index contributed by atoms with van der Waals surface area (Å²) in [6.07, 6.45) is 1.45. The van der Waals surface area contributed by atoms with E-state index in [0.717, 1.165) is 13.1 Å². The Morgan fingerprint density at radius 2 is 2.13 bits per heavy atom. The molecule has 0 saturated carbocycles. The molecule has 1 amide bonds. The van der Waals surface area contributed by atoms with Crippen LogP contribution in [0.1, 0.15) is 12.8 Å². The number of ether oxygens (including phenoxy) is 1. The van der Waals surface area contributed by atoms with Crippen LogP contribution in [0.15, 0.2) is 28.9 Å². The van der Waals surface area contributed by atoms with Gasteiger partial charge in [-0.1, -0.05) is 11.2 Å². The molecule has 0 aliphatic carbocycles. The van der Waals surface area contributed by atoms with Gasteiger partial charge < -0.3 is 14.2 Å². The van der Waals surface area contributed by atoms with Crippen LogP contribution >= 0.6 is 0 Å². The molecule has 1 aliphatic rings. The van der Waals surface area contributed by atoms with Crippen LogP contribution in [0.2, 0.25) is 0 Å². The number of amides is 1. The summed E-state index contributed by atoms with van der Waals surface area (Å²) in [7, 11) is 0. The van der Waals surface area contributed by atoms with E-state index < -0.39 is 0 Å². The molecule has 0 aromatic carbocycles. The second kappa shape index (κ2) is 7.19. The molecule has 0 atom stereocenters. The first-order valence-electron chi connectivity index (χ1n) is 7.64. The normalized spacial score (nSPS) is 15.6. The van der Waals surface area contributed by atoms with Gasteiger partial charge in [-0.15, -0.1) is 0 Å². The van der Waals surface area contributed by atoms with Crippen LogP contribution in [0.4, 0.5) is 4.79 Å². The Morgan fingerprint density at radius 1 is 1.30 bits per heavy atom. The predicted molar refractivity (Wildman–Crippen MR) is 81.4 cm³/mol. The molecule has 2 aromatic heterocycles. The highest BCUT2D eigenvalue weighted by Gasteiger charge is 2.23. The van der Waals surface area contributed by atoms with Crippen LogP contribution < -0.4 is 0 Å². The van der Waals surface area contributed by atoms with E-state index in [2.05, 4.69) is 20.0 Å². The lowest BCUT2D eigenvalue weighted by Crippen LogP contribution is -2.48. The number of hydrogen-bond donors (Lipinski definition) is 0. The van der Waals surface area contributed by atoms with E-state index in [-0.39, 0.29) is 6.09 Å². The standard InChI is InChI=1S/C15H19N5O3/c1-2-22-15(21)20-9-7-19(8-10-20)11-13-17-14(18-23-13)12-5-3-4-6-16-12/h3-6H,2,7-11H2,1H3. The van der Waals surface area contributed by atoms with Gasteiger partial charge in [0.1, 0.15) is 5.69 Å². The lowest BCUT2D eigenvalue weighted by molar-refractivity contribution is 0.0749. The Labute approximate surface area is 134 Å². The van der Waals surface area contributed by atoms with E-state index in [0.29, 0.717) is 43.7 Å². The van der Waals surface area contributed by atoms with Crippen molar-refractivity contribution in [3.05, 3.63) is 30.3 Å². The van der Waals surface area contributed by atoms with Crippen LogP contribution in [-0.2, 0) is 11.3 Å². The minimum Gasteiger partial charge on any atom is -0.450 e. The maximum absolute atomic E-state index is 11.7. The highest BCUT2D eigenvalue weighted by molar-refractivity contribution is 5.67. The summed E-state index contributed by atoms with van der Waals surface area (Å²) >= 11 is 0. The van der Waals surface area contributed by atoms with Gasteiger partial charge in [-0.3, -0.25) is 9.88 Å². The van der Waals surface area contributed by atoms with Gasteiger partial charge in [-0.25, -0.2) is 4.79 Å². The van der Waals surface area contributed by atoms with Crippen LogP contribution in [0.3, 0.4) is 0 Å². The average molecular weight is 317 g/mol. The number of pyridine rings is 1. The highest BCUT2D eigenvalue weighted by atomic mass is 16.6. The van der Waals surface area contributed by atoms with Gasteiger partial charge in [0.2, 0.25) is 11.7 Å². The van der Waals surface area contributed by atoms with Crippen LogP contribution in [0.5, 0.6) is 0 Å². The third-order valence-electron chi connectivity index (χ3n) is 3.62. The molecule has 1 saturated heterocycles. The van der Waals surface area contributed by atoms with E-state index in [4.69, 9.17) is 9.26 Å². The summed E-state index contributed by atoms with van der Waals surface area (Å²) in [4.78, 5) is 24.1. The first-order valence-corrected chi connectivity index (χ1v) is 7.64. The lowest BCUT2D eigenvalue weighted by atomic mass is 10.3. The summed E-state index contributed by atoms with van der Waals surface area (Å²) in [6, 6.07) is 5.56.